The maximum absolute atomic E-state index is 2.40. The van der Waals surface area contributed by atoms with Crippen LogP contribution in [0.15, 0.2) is 36.4 Å². The van der Waals surface area contributed by atoms with Crippen LogP contribution in [0.4, 0.5) is 0 Å². The number of rotatable bonds is 0. The summed E-state index contributed by atoms with van der Waals surface area (Å²) in [7, 11) is 0. The Labute approximate surface area is 104 Å². The molecular formula is C17H20. The molecule has 0 aromatic heterocycles. The Kier molecular flexibility index (Phi) is 2.29. The molecule has 2 aromatic rings. The highest BCUT2D eigenvalue weighted by Crippen LogP contribution is 2.40. The van der Waals surface area contributed by atoms with Crippen LogP contribution in [-0.4, -0.2) is 0 Å². The number of fused-ring (bicyclic) bond motifs is 2. The van der Waals surface area contributed by atoms with Gasteiger partial charge in [0, 0.05) is 0 Å². The van der Waals surface area contributed by atoms with Crippen molar-refractivity contribution in [2.75, 3.05) is 0 Å². The van der Waals surface area contributed by atoms with E-state index in [2.05, 4.69) is 57.2 Å². The first-order valence-electron chi connectivity index (χ1n) is 6.57. The first-order chi connectivity index (χ1) is 8.06. The van der Waals surface area contributed by atoms with E-state index in [1.165, 1.54) is 23.6 Å². The van der Waals surface area contributed by atoms with Crippen LogP contribution in [-0.2, 0) is 12.8 Å². The maximum Gasteiger partial charge on any atom is -0.0181 e. The average Bonchev–Trinajstić information content (AvgIpc) is 2.28. The van der Waals surface area contributed by atoms with Gasteiger partial charge in [0.15, 0.2) is 0 Å². The molecule has 88 valence electrons. The lowest BCUT2D eigenvalue weighted by molar-refractivity contribution is 0.212. The van der Waals surface area contributed by atoms with Crippen molar-refractivity contribution in [3.05, 3.63) is 47.5 Å². The summed E-state index contributed by atoms with van der Waals surface area (Å²) >= 11 is 0. The predicted octanol–water partition coefficient (Wildman–Crippen LogP) is 4.60. The number of hydrogen-bond donors (Lipinski definition) is 0. The van der Waals surface area contributed by atoms with Crippen molar-refractivity contribution in [2.45, 2.75) is 33.6 Å². The van der Waals surface area contributed by atoms with Gasteiger partial charge in [0.25, 0.3) is 0 Å². The zero-order valence-corrected chi connectivity index (χ0v) is 11.0. The topological polar surface area (TPSA) is 0 Å². The molecule has 0 bridgehead atoms. The summed E-state index contributed by atoms with van der Waals surface area (Å²) in [5, 5.41) is 2.77. The SMILES string of the molecule is CC1Cc2cc3ccccc3cc2CC1(C)C. The first kappa shape index (κ1) is 10.8. The van der Waals surface area contributed by atoms with Gasteiger partial charge >= 0.3 is 0 Å². The van der Waals surface area contributed by atoms with Gasteiger partial charge in [-0.2, -0.15) is 0 Å². The minimum Gasteiger partial charge on any atom is -0.0617 e. The second-order valence-corrected chi connectivity index (χ2v) is 6.24. The quantitative estimate of drug-likeness (QED) is 0.613. The molecule has 1 atom stereocenters. The van der Waals surface area contributed by atoms with Crippen LogP contribution in [0, 0.1) is 11.3 Å². The van der Waals surface area contributed by atoms with Gasteiger partial charge in [-0.15, -0.1) is 0 Å². The Morgan fingerprint density at radius 1 is 1.00 bits per heavy atom. The van der Waals surface area contributed by atoms with Gasteiger partial charge in [-0.3, -0.25) is 0 Å². The number of hydrogen-bond acceptors (Lipinski definition) is 0. The summed E-state index contributed by atoms with van der Waals surface area (Å²) < 4.78 is 0. The highest BCUT2D eigenvalue weighted by atomic mass is 14.4. The van der Waals surface area contributed by atoms with Crippen molar-refractivity contribution in [2.24, 2.45) is 11.3 Å². The van der Waals surface area contributed by atoms with Gasteiger partial charge in [0.1, 0.15) is 0 Å². The summed E-state index contributed by atoms with van der Waals surface area (Å²) in [6.07, 6.45) is 2.45. The lowest BCUT2D eigenvalue weighted by Crippen LogP contribution is -2.30. The van der Waals surface area contributed by atoms with E-state index in [-0.39, 0.29) is 0 Å². The van der Waals surface area contributed by atoms with Gasteiger partial charge in [0.05, 0.1) is 0 Å². The molecule has 1 aliphatic carbocycles. The molecule has 0 nitrogen and oxygen atoms in total. The first-order valence-corrected chi connectivity index (χ1v) is 6.57. The van der Waals surface area contributed by atoms with E-state index in [4.69, 9.17) is 0 Å². The third-order valence-electron chi connectivity index (χ3n) is 4.57. The van der Waals surface area contributed by atoms with E-state index >= 15 is 0 Å². The zero-order valence-electron chi connectivity index (χ0n) is 11.0. The van der Waals surface area contributed by atoms with Crippen LogP contribution in [0.25, 0.3) is 10.8 Å². The molecule has 3 rings (SSSR count). The van der Waals surface area contributed by atoms with Crippen LogP contribution in [0.3, 0.4) is 0 Å². The standard InChI is InChI=1S/C17H20/c1-12-8-15-9-13-6-4-5-7-14(13)10-16(15)11-17(12,2)3/h4-7,9-10,12H,8,11H2,1-3H3. The highest BCUT2D eigenvalue weighted by Gasteiger charge is 2.31. The van der Waals surface area contributed by atoms with Gasteiger partial charge < -0.3 is 0 Å². The van der Waals surface area contributed by atoms with Crippen molar-refractivity contribution in [3.63, 3.8) is 0 Å². The van der Waals surface area contributed by atoms with Crippen LogP contribution in [0.5, 0.6) is 0 Å². The minimum atomic E-state index is 0.440. The second-order valence-electron chi connectivity index (χ2n) is 6.24. The molecule has 0 saturated heterocycles. The number of benzene rings is 2. The van der Waals surface area contributed by atoms with E-state index in [0.29, 0.717) is 5.41 Å². The molecule has 2 aromatic carbocycles. The Hall–Kier alpha value is -1.30. The fourth-order valence-electron chi connectivity index (χ4n) is 2.96. The summed E-state index contributed by atoms with van der Waals surface area (Å²) in [4.78, 5) is 0. The zero-order chi connectivity index (χ0) is 12.0. The molecule has 17 heavy (non-hydrogen) atoms. The van der Waals surface area contributed by atoms with E-state index in [0.717, 1.165) is 5.92 Å². The molecule has 0 radical (unpaired) electrons. The van der Waals surface area contributed by atoms with Crippen molar-refractivity contribution >= 4 is 10.8 Å². The second kappa shape index (κ2) is 3.60. The largest absolute Gasteiger partial charge is 0.0617 e. The van der Waals surface area contributed by atoms with Gasteiger partial charge in [-0.05, 0) is 46.1 Å². The van der Waals surface area contributed by atoms with Gasteiger partial charge in [-0.1, -0.05) is 57.2 Å². The molecule has 0 spiro atoms. The van der Waals surface area contributed by atoms with E-state index in [1.54, 1.807) is 11.1 Å². The van der Waals surface area contributed by atoms with E-state index in [1.807, 2.05) is 0 Å². The minimum absolute atomic E-state index is 0.440. The van der Waals surface area contributed by atoms with Crippen molar-refractivity contribution in [1.29, 1.82) is 0 Å². The lowest BCUT2D eigenvalue weighted by atomic mass is 9.67. The normalized spacial score (nSPS) is 22.4. The lowest BCUT2D eigenvalue weighted by Gasteiger charge is -2.38. The van der Waals surface area contributed by atoms with E-state index < -0.39 is 0 Å². The smallest absolute Gasteiger partial charge is 0.0181 e. The highest BCUT2D eigenvalue weighted by molar-refractivity contribution is 5.84. The Balaban J connectivity index is 2.17. The molecule has 0 fully saturated rings. The van der Waals surface area contributed by atoms with Crippen LogP contribution in [0.1, 0.15) is 31.9 Å². The molecule has 0 amide bonds. The summed E-state index contributed by atoms with van der Waals surface area (Å²) in [5.74, 6) is 0.774. The monoisotopic (exact) mass is 224 g/mol. The third-order valence-corrected chi connectivity index (χ3v) is 4.57. The van der Waals surface area contributed by atoms with Crippen molar-refractivity contribution in [1.82, 2.24) is 0 Å². The van der Waals surface area contributed by atoms with E-state index in [9.17, 15) is 0 Å². The van der Waals surface area contributed by atoms with Crippen LogP contribution >= 0.6 is 0 Å². The summed E-state index contributed by atoms with van der Waals surface area (Å²) in [6, 6.07) is 13.5. The molecule has 0 heteroatoms. The van der Waals surface area contributed by atoms with Gasteiger partial charge in [-0.25, -0.2) is 0 Å². The average molecular weight is 224 g/mol. The van der Waals surface area contributed by atoms with Crippen LogP contribution in [0.2, 0.25) is 0 Å². The molecule has 1 unspecified atom stereocenters. The molecule has 1 aliphatic rings. The predicted molar refractivity (Wildman–Crippen MR) is 74.3 cm³/mol. The Morgan fingerprint density at radius 2 is 1.59 bits per heavy atom. The Bertz CT molecular complexity index is 563. The fraction of sp³-hybridized carbons (Fsp3) is 0.412. The van der Waals surface area contributed by atoms with Crippen LogP contribution < -0.4 is 0 Å². The fourth-order valence-corrected chi connectivity index (χ4v) is 2.96. The van der Waals surface area contributed by atoms with Crippen molar-refractivity contribution < 1.29 is 0 Å². The molecule has 0 aliphatic heterocycles. The summed E-state index contributed by atoms with van der Waals surface area (Å²) in [5.41, 5.74) is 3.57. The van der Waals surface area contributed by atoms with Crippen molar-refractivity contribution in [3.8, 4) is 0 Å². The maximum atomic E-state index is 2.40. The Morgan fingerprint density at radius 3 is 2.24 bits per heavy atom. The third kappa shape index (κ3) is 1.76. The molecular weight excluding hydrogens is 204 g/mol. The summed E-state index contributed by atoms with van der Waals surface area (Å²) in [6.45, 7) is 7.18. The van der Waals surface area contributed by atoms with Gasteiger partial charge in [0.2, 0.25) is 0 Å². The molecule has 0 heterocycles. The molecule has 0 N–H and O–H groups in total. The molecule has 0 saturated carbocycles.